The molecule has 0 aliphatic carbocycles. The predicted octanol–water partition coefficient (Wildman–Crippen LogP) is 3.78. The van der Waals surface area contributed by atoms with Crippen molar-refractivity contribution in [2.75, 3.05) is 13.1 Å². The summed E-state index contributed by atoms with van der Waals surface area (Å²) in [6, 6.07) is 7.15. The zero-order valence-electron chi connectivity index (χ0n) is 12.6. The molecule has 3 atom stereocenters. The van der Waals surface area contributed by atoms with Crippen LogP contribution in [0.5, 0.6) is 5.88 Å². The average Bonchev–Trinajstić information content (AvgIpc) is 2.99. The largest absolute Gasteiger partial charge is 0.474 e. The normalized spacial score (nSPS) is 22.1. The number of benzene rings is 1. The van der Waals surface area contributed by atoms with Crippen LogP contribution >= 0.6 is 11.6 Å². The van der Waals surface area contributed by atoms with Crippen LogP contribution in [0.4, 0.5) is 8.78 Å². The number of rotatable bonds is 4. The molecule has 122 valence electrons. The Morgan fingerprint density at radius 2 is 2.09 bits per heavy atom. The van der Waals surface area contributed by atoms with Gasteiger partial charge >= 0.3 is 0 Å². The van der Waals surface area contributed by atoms with Crippen molar-refractivity contribution < 1.29 is 13.5 Å². The highest BCUT2D eigenvalue weighted by atomic mass is 35.5. The standard InChI is InChI=1S/C17H17ClF2N2O/c1-10(23-17-5-2-11(18)7-22-17)14-8-21-9-15(14)13-4-3-12(19)6-16(13)20/h2-7,10,14-15,21H,8-9H2,1H3/t10-,14+,15+/m0/s1. The minimum atomic E-state index is -0.566. The Bertz CT molecular complexity index is 681. The van der Waals surface area contributed by atoms with Crippen LogP contribution in [0, 0.1) is 17.6 Å². The van der Waals surface area contributed by atoms with Gasteiger partial charge in [0.05, 0.1) is 5.02 Å². The fourth-order valence-corrected chi connectivity index (χ4v) is 3.16. The smallest absolute Gasteiger partial charge is 0.213 e. The van der Waals surface area contributed by atoms with Gasteiger partial charge in [-0.15, -0.1) is 0 Å². The number of halogens is 3. The van der Waals surface area contributed by atoms with E-state index in [4.69, 9.17) is 16.3 Å². The van der Waals surface area contributed by atoms with Gasteiger partial charge in [0, 0.05) is 43.3 Å². The van der Waals surface area contributed by atoms with Crippen LogP contribution in [0.25, 0.3) is 0 Å². The van der Waals surface area contributed by atoms with Crippen LogP contribution in [0.3, 0.4) is 0 Å². The van der Waals surface area contributed by atoms with E-state index in [-0.39, 0.29) is 17.9 Å². The number of aromatic nitrogens is 1. The average molecular weight is 339 g/mol. The minimum absolute atomic E-state index is 0.0624. The lowest BCUT2D eigenvalue weighted by Crippen LogP contribution is -2.29. The molecule has 1 aromatic carbocycles. The highest BCUT2D eigenvalue weighted by Crippen LogP contribution is 2.33. The van der Waals surface area contributed by atoms with Crippen molar-refractivity contribution in [1.82, 2.24) is 10.3 Å². The molecule has 23 heavy (non-hydrogen) atoms. The quantitative estimate of drug-likeness (QED) is 0.921. The second-order valence-electron chi connectivity index (χ2n) is 5.73. The SMILES string of the molecule is C[C@H](Oc1ccc(Cl)cn1)[C@H]1CNC[C@@H]1c1ccc(F)cc1F. The number of nitrogens with zero attached hydrogens (tertiary/aromatic N) is 1. The highest BCUT2D eigenvalue weighted by Gasteiger charge is 2.35. The summed E-state index contributed by atoms with van der Waals surface area (Å²) < 4.78 is 33.0. The third kappa shape index (κ3) is 3.62. The zero-order valence-corrected chi connectivity index (χ0v) is 13.4. The Morgan fingerprint density at radius 3 is 2.78 bits per heavy atom. The van der Waals surface area contributed by atoms with Crippen molar-refractivity contribution in [2.24, 2.45) is 5.92 Å². The molecule has 0 unspecified atom stereocenters. The Hall–Kier alpha value is -1.72. The lowest BCUT2D eigenvalue weighted by molar-refractivity contribution is 0.144. The third-order valence-electron chi connectivity index (χ3n) is 4.23. The van der Waals surface area contributed by atoms with Crippen LogP contribution < -0.4 is 10.1 Å². The maximum Gasteiger partial charge on any atom is 0.213 e. The van der Waals surface area contributed by atoms with E-state index < -0.39 is 11.6 Å². The first-order valence-corrected chi connectivity index (χ1v) is 7.86. The van der Waals surface area contributed by atoms with E-state index in [0.717, 1.165) is 6.07 Å². The molecule has 6 heteroatoms. The van der Waals surface area contributed by atoms with E-state index in [0.29, 0.717) is 29.6 Å². The predicted molar refractivity (Wildman–Crippen MR) is 84.8 cm³/mol. The van der Waals surface area contributed by atoms with Crippen molar-refractivity contribution in [1.29, 1.82) is 0 Å². The molecule has 0 amide bonds. The molecule has 1 aromatic heterocycles. The monoisotopic (exact) mass is 338 g/mol. The van der Waals surface area contributed by atoms with Gasteiger partial charge in [-0.3, -0.25) is 0 Å². The lowest BCUT2D eigenvalue weighted by Gasteiger charge is -2.26. The first kappa shape index (κ1) is 16.1. The maximum absolute atomic E-state index is 14.1. The first-order chi connectivity index (χ1) is 11.0. The fourth-order valence-electron chi connectivity index (χ4n) is 3.04. The van der Waals surface area contributed by atoms with Gasteiger partial charge < -0.3 is 10.1 Å². The van der Waals surface area contributed by atoms with Gasteiger partial charge in [-0.2, -0.15) is 0 Å². The van der Waals surface area contributed by atoms with E-state index in [9.17, 15) is 8.78 Å². The Labute approximate surface area is 138 Å². The summed E-state index contributed by atoms with van der Waals surface area (Å²) >= 11 is 5.81. The molecule has 0 bridgehead atoms. The van der Waals surface area contributed by atoms with Crippen LogP contribution in [-0.2, 0) is 0 Å². The van der Waals surface area contributed by atoms with E-state index in [2.05, 4.69) is 10.3 Å². The molecule has 1 N–H and O–H groups in total. The molecule has 3 rings (SSSR count). The summed E-state index contributed by atoms with van der Waals surface area (Å²) in [7, 11) is 0. The van der Waals surface area contributed by atoms with Gasteiger partial charge in [-0.05, 0) is 24.6 Å². The molecule has 1 aliphatic rings. The van der Waals surface area contributed by atoms with Crippen molar-refractivity contribution in [3.05, 3.63) is 58.7 Å². The second-order valence-corrected chi connectivity index (χ2v) is 6.17. The van der Waals surface area contributed by atoms with Crippen LogP contribution in [0.2, 0.25) is 5.02 Å². The summed E-state index contributed by atoms with van der Waals surface area (Å²) in [5.74, 6) is -0.610. The van der Waals surface area contributed by atoms with E-state index >= 15 is 0 Å². The Morgan fingerprint density at radius 1 is 1.26 bits per heavy atom. The summed E-state index contributed by atoms with van der Waals surface area (Å²) in [4.78, 5) is 4.12. The van der Waals surface area contributed by atoms with E-state index in [1.807, 2.05) is 6.92 Å². The second kappa shape index (κ2) is 6.81. The van der Waals surface area contributed by atoms with Crippen LogP contribution in [-0.4, -0.2) is 24.2 Å². The van der Waals surface area contributed by atoms with Gasteiger partial charge in [-0.1, -0.05) is 17.7 Å². The molecule has 2 aromatic rings. The molecule has 1 fully saturated rings. The van der Waals surface area contributed by atoms with Crippen molar-refractivity contribution in [2.45, 2.75) is 18.9 Å². The van der Waals surface area contributed by atoms with Gasteiger partial charge in [0.25, 0.3) is 0 Å². The molecule has 0 radical (unpaired) electrons. The van der Waals surface area contributed by atoms with Crippen LogP contribution in [0.1, 0.15) is 18.4 Å². The topological polar surface area (TPSA) is 34.1 Å². The number of nitrogens with one attached hydrogen (secondary N) is 1. The Balaban J connectivity index is 1.76. The van der Waals surface area contributed by atoms with E-state index in [1.165, 1.54) is 18.3 Å². The van der Waals surface area contributed by atoms with E-state index in [1.54, 1.807) is 12.1 Å². The Kier molecular flexibility index (Phi) is 4.78. The van der Waals surface area contributed by atoms with Gasteiger partial charge in [-0.25, -0.2) is 13.8 Å². The summed E-state index contributed by atoms with van der Waals surface area (Å²) in [6.07, 6.45) is 1.35. The number of hydrogen-bond donors (Lipinski definition) is 1. The zero-order chi connectivity index (χ0) is 16.4. The summed E-state index contributed by atoms with van der Waals surface area (Å²) in [5, 5.41) is 3.80. The number of pyridine rings is 1. The summed E-state index contributed by atoms with van der Waals surface area (Å²) in [6.45, 7) is 3.27. The molecule has 2 heterocycles. The van der Waals surface area contributed by atoms with Gasteiger partial charge in [0.1, 0.15) is 17.7 Å². The van der Waals surface area contributed by atoms with Gasteiger partial charge in [0.15, 0.2) is 0 Å². The molecule has 0 spiro atoms. The first-order valence-electron chi connectivity index (χ1n) is 7.48. The maximum atomic E-state index is 14.1. The molecule has 0 saturated carbocycles. The molecule has 3 nitrogen and oxygen atoms in total. The van der Waals surface area contributed by atoms with Crippen molar-refractivity contribution in [3.63, 3.8) is 0 Å². The molecular formula is C17H17ClF2N2O. The minimum Gasteiger partial charge on any atom is -0.474 e. The van der Waals surface area contributed by atoms with Crippen LogP contribution in [0.15, 0.2) is 36.5 Å². The number of ether oxygens (including phenoxy) is 1. The van der Waals surface area contributed by atoms with Gasteiger partial charge in [0.2, 0.25) is 5.88 Å². The van der Waals surface area contributed by atoms with Crippen molar-refractivity contribution >= 4 is 11.6 Å². The molecule has 1 aliphatic heterocycles. The molecular weight excluding hydrogens is 322 g/mol. The molecule has 1 saturated heterocycles. The summed E-state index contributed by atoms with van der Waals surface area (Å²) in [5.41, 5.74) is 0.515. The fraction of sp³-hybridized carbons (Fsp3) is 0.353. The number of hydrogen-bond acceptors (Lipinski definition) is 3. The highest BCUT2D eigenvalue weighted by molar-refractivity contribution is 6.30. The lowest BCUT2D eigenvalue weighted by atomic mass is 9.85. The van der Waals surface area contributed by atoms with Crippen molar-refractivity contribution in [3.8, 4) is 5.88 Å². The third-order valence-corrected chi connectivity index (χ3v) is 4.46.